The van der Waals surface area contributed by atoms with Crippen molar-refractivity contribution in [1.82, 2.24) is 0 Å². The molecule has 6 heteroatoms. The molecular weight excluding hydrogens is 206 g/mol. The van der Waals surface area contributed by atoms with Crippen LogP contribution in [-0.2, 0) is 0 Å². The number of ether oxygens (including phenoxy) is 1. The summed E-state index contributed by atoms with van der Waals surface area (Å²) in [6.45, 7) is 0. The van der Waals surface area contributed by atoms with Gasteiger partial charge in [-0.15, -0.1) is 0 Å². The molecule has 1 rings (SSSR count). The summed E-state index contributed by atoms with van der Waals surface area (Å²) in [5.41, 5.74) is 11.2. The number of nitrogens with two attached hydrogens (primary N) is 2. The number of nitrogens with one attached hydrogen (secondary N) is 1. The summed E-state index contributed by atoms with van der Waals surface area (Å²) in [7, 11) is 3.30. The van der Waals surface area contributed by atoms with E-state index in [-0.39, 0.29) is 11.9 Å². The van der Waals surface area contributed by atoms with Crippen molar-refractivity contribution in [3.63, 3.8) is 0 Å². The number of rotatable bonds is 2. The lowest BCUT2D eigenvalue weighted by molar-refractivity contribution is 0.415. The molecule has 6 nitrogen and oxygen atoms in total. The predicted octanol–water partition coefficient (Wildman–Crippen LogP) is 0.340. The normalized spacial score (nSPS) is 9.38. The minimum Gasteiger partial charge on any atom is -0.497 e. The molecule has 16 heavy (non-hydrogen) atoms. The highest BCUT2D eigenvalue weighted by Crippen LogP contribution is 2.18. The quantitative estimate of drug-likeness (QED) is 0.495. The van der Waals surface area contributed by atoms with E-state index in [2.05, 4.69) is 4.99 Å². The number of guanidine groups is 2. The third-order valence-corrected chi connectivity index (χ3v) is 2.01. The van der Waals surface area contributed by atoms with E-state index in [4.69, 9.17) is 21.6 Å². The van der Waals surface area contributed by atoms with Gasteiger partial charge in [-0.3, -0.25) is 5.41 Å². The maximum atomic E-state index is 7.61. The largest absolute Gasteiger partial charge is 0.497 e. The van der Waals surface area contributed by atoms with Gasteiger partial charge in [0.15, 0.2) is 5.96 Å². The van der Waals surface area contributed by atoms with Crippen LogP contribution in [0.1, 0.15) is 0 Å². The van der Waals surface area contributed by atoms with Crippen molar-refractivity contribution in [2.24, 2.45) is 16.5 Å². The SMILES string of the molecule is COc1ccc(N(C)C(=N)N=C(N)N)cc1. The van der Waals surface area contributed by atoms with Crippen molar-refractivity contribution in [3.05, 3.63) is 24.3 Å². The Morgan fingerprint density at radius 1 is 1.31 bits per heavy atom. The maximum Gasteiger partial charge on any atom is 0.225 e. The fraction of sp³-hybridized carbons (Fsp3) is 0.200. The van der Waals surface area contributed by atoms with Gasteiger partial charge in [0, 0.05) is 12.7 Å². The molecule has 0 heterocycles. The number of aliphatic imine (C=N–C) groups is 1. The van der Waals surface area contributed by atoms with E-state index < -0.39 is 0 Å². The standard InChI is InChI=1S/C10H15N5O/c1-15(10(13)14-9(11)12)7-3-5-8(16-2)6-4-7/h3-6H,1-2H3,(H5,11,12,13,14). The van der Waals surface area contributed by atoms with E-state index in [0.29, 0.717) is 0 Å². The van der Waals surface area contributed by atoms with E-state index >= 15 is 0 Å². The van der Waals surface area contributed by atoms with Gasteiger partial charge in [-0.05, 0) is 24.3 Å². The number of hydrogen-bond donors (Lipinski definition) is 3. The Morgan fingerprint density at radius 3 is 2.31 bits per heavy atom. The van der Waals surface area contributed by atoms with Crippen LogP contribution in [0.25, 0.3) is 0 Å². The van der Waals surface area contributed by atoms with Crippen molar-refractivity contribution < 1.29 is 4.74 Å². The highest BCUT2D eigenvalue weighted by molar-refractivity contribution is 6.00. The van der Waals surface area contributed by atoms with Crippen LogP contribution < -0.4 is 21.1 Å². The molecule has 5 N–H and O–H groups in total. The molecule has 0 amide bonds. The first kappa shape index (κ1) is 11.8. The monoisotopic (exact) mass is 221 g/mol. The number of methoxy groups -OCH3 is 1. The highest BCUT2D eigenvalue weighted by atomic mass is 16.5. The van der Waals surface area contributed by atoms with Crippen molar-refractivity contribution in [2.45, 2.75) is 0 Å². The zero-order chi connectivity index (χ0) is 12.1. The Balaban J connectivity index is 2.84. The minimum absolute atomic E-state index is 0.0230. The van der Waals surface area contributed by atoms with Crippen LogP contribution in [0.4, 0.5) is 5.69 Å². The van der Waals surface area contributed by atoms with Gasteiger partial charge in [0.2, 0.25) is 5.96 Å². The fourth-order valence-electron chi connectivity index (χ4n) is 1.13. The Bertz CT molecular complexity index is 394. The molecule has 1 aromatic rings. The molecule has 0 fully saturated rings. The van der Waals surface area contributed by atoms with Crippen molar-refractivity contribution >= 4 is 17.6 Å². The molecule has 0 aliphatic heterocycles. The van der Waals surface area contributed by atoms with Crippen LogP contribution in [0.5, 0.6) is 5.75 Å². The molecule has 0 atom stereocenters. The van der Waals surface area contributed by atoms with Crippen LogP contribution in [0.15, 0.2) is 29.3 Å². The summed E-state index contributed by atoms with van der Waals surface area (Å²) < 4.78 is 5.03. The molecule has 0 saturated heterocycles. The fourth-order valence-corrected chi connectivity index (χ4v) is 1.13. The van der Waals surface area contributed by atoms with Crippen LogP contribution in [-0.4, -0.2) is 26.1 Å². The molecule has 0 aliphatic carbocycles. The topological polar surface area (TPSA) is 101 Å². The van der Waals surface area contributed by atoms with Gasteiger partial charge in [-0.1, -0.05) is 0 Å². The lowest BCUT2D eigenvalue weighted by Gasteiger charge is -2.17. The molecule has 0 bridgehead atoms. The van der Waals surface area contributed by atoms with Gasteiger partial charge in [-0.2, -0.15) is 4.99 Å². The summed E-state index contributed by atoms with van der Waals surface area (Å²) >= 11 is 0. The van der Waals surface area contributed by atoms with E-state index in [1.54, 1.807) is 31.2 Å². The van der Waals surface area contributed by atoms with Crippen molar-refractivity contribution in [1.29, 1.82) is 5.41 Å². The minimum atomic E-state index is -0.134. The number of hydrogen-bond acceptors (Lipinski definition) is 2. The molecule has 0 unspecified atom stereocenters. The van der Waals surface area contributed by atoms with Gasteiger partial charge in [0.25, 0.3) is 0 Å². The zero-order valence-electron chi connectivity index (χ0n) is 9.27. The maximum absolute atomic E-state index is 7.61. The van der Waals surface area contributed by atoms with Gasteiger partial charge < -0.3 is 21.1 Å². The summed E-state index contributed by atoms with van der Waals surface area (Å²) in [6, 6.07) is 7.23. The van der Waals surface area contributed by atoms with Gasteiger partial charge in [0.05, 0.1) is 7.11 Å². The second kappa shape index (κ2) is 5.01. The van der Waals surface area contributed by atoms with Crippen molar-refractivity contribution in [3.8, 4) is 5.75 Å². The second-order valence-corrected chi connectivity index (χ2v) is 3.12. The third-order valence-electron chi connectivity index (χ3n) is 2.01. The summed E-state index contributed by atoms with van der Waals surface area (Å²) in [4.78, 5) is 5.20. The van der Waals surface area contributed by atoms with Crippen LogP contribution >= 0.6 is 0 Å². The predicted molar refractivity (Wildman–Crippen MR) is 64.9 cm³/mol. The molecule has 1 aromatic carbocycles. The van der Waals surface area contributed by atoms with Crippen LogP contribution in [0.3, 0.4) is 0 Å². The van der Waals surface area contributed by atoms with Gasteiger partial charge in [0.1, 0.15) is 5.75 Å². The van der Waals surface area contributed by atoms with E-state index in [0.717, 1.165) is 11.4 Å². The van der Waals surface area contributed by atoms with Gasteiger partial charge in [-0.25, -0.2) is 0 Å². The van der Waals surface area contributed by atoms with Crippen LogP contribution in [0, 0.1) is 5.41 Å². The Hall–Kier alpha value is -2.24. The molecule has 0 aromatic heterocycles. The molecule has 86 valence electrons. The molecule has 0 aliphatic rings. The molecule has 0 saturated carbocycles. The first-order valence-corrected chi connectivity index (χ1v) is 4.60. The van der Waals surface area contributed by atoms with Crippen LogP contribution in [0.2, 0.25) is 0 Å². The molecule has 0 spiro atoms. The lowest BCUT2D eigenvalue weighted by Crippen LogP contribution is -2.30. The summed E-state index contributed by atoms with van der Waals surface area (Å²) in [5, 5.41) is 7.61. The summed E-state index contributed by atoms with van der Waals surface area (Å²) in [6.07, 6.45) is 0. The van der Waals surface area contributed by atoms with Gasteiger partial charge >= 0.3 is 0 Å². The number of anilines is 1. The average Bonchev–Trinajstić information content (AvgIpc) is 2.27. The third kappa shape index (κ3) is 2.88. The first-order valence-electron chi connectivity index (χ1n) is 4.60. The number of nitrogens with zero attached hydrogens (tertiary/aromatic N) is 2. The summed E-state index contributed by atoms with van der Waals surface area (Å²) in [5.74, 6) is 0.598. The van der Waals surface area contributed by atoms with Crippen molar-refractivity contribution in [2.75, 3.05) is 19.1 Å². The van der Waals surface area contributed by atoms with E-state index in [9.17, 15) is 0 Å². The molecular formula is C10H15N5O. The Labute approximate surface area is 94.0 Å². The Morgan fingerprint density at radius 2 is 1.88 bits per heavy atom. The lowest BCUT2D eigenvalue weighted by atomic mass is 10.3. The average molecular weight is 221 g/mol. The molecule has 0 radical (unpaired) electrons. The van der Waals surface area contributed by atoms with E-state index in [1.807, 2.05) is 12.1 Å². The second-order valence-electron chi connectivity index (χ2n) is 3.12. The Kier molecular flexibility index (Phi) is 3.71. The zero-order valence-corrected chi connectivity index (χ0v) is 9.27. The first-order chi connectivity index (χ1) is 7.54. The van der Waals surface area contributed by atoms with E-state index in [1.165, 1.54) is 0 Å². The highest BCUT2D eigenvalue weighted by Gasteiger charge is 2.06. The smallest absolute Gasteiger partial charge is 0.225 e. The number of benzene rings is 1.